The standard InChI is InChI=1S/C30H22FIN2O5S/c1-38-25-14-18(13-24(32)28(25)39-17-20-7-4-6-19-5-2-3-8-23(19)20)15-26-29(36)34(30(37)40-26)16-27(35)33-22-11-9-21(31)10-12-22/h2-15H,16-17H2,1H3,(H,33,35)/b26-15-. The van der Waals surface area contributed by atoms with E-state index >= 15 is 0 Å². The second-order valence-electron chi connectivity index (χ2n) is 8.78. The summed E-state index contributed by atoms with van der Waals surface area (Å²) in [6.07, 6.45) is 1.59. The van der Waals surface area contributed by atoms with Gasteiger partial charge in [0.2, 0.25) is 5.91 Å². The van der Waals surface area contributed by atoms with Crippen molar-refractivity contribution in [1.82, 2.24) is 4.90 Å². The maximum Gasteiger partial charge on any atom is 0.294 e. The van der Waals surface area contributed by atoms with E-state index in [1.165, 1.54) is 31.4 Å². The number of fused-ring (bicyclic) bond motifs is 1. The molecule has 202 valence electrons. The van der Waals surface area contributed by atoms with Crippen molar-refractivity contribution >= 4 is 73.9 Å². The molecule has 1 aliphatic rings. The molecular formula is C30H22FIN2O5S. The van der Waals surface area contributed by atoms with Crippen molar-refractivity contribution in [1.29, 1.82) is 0 Å². The molecule has 3 amide bonds. The van der Waals surface area contributed by atoms with E-state index in [1.807, 2.05) is 30.3 Å². The van der Waals surface area contributed by atoms with Gasteiger partial charge in [0.15, 0.2) is 11.5 Å². The lowest BCUT2D eigenvalue weighted by Crippen LogP contribution is -2.36. The number of rotatable bonds is 8. The molecule has 0 atom stereocenters. The predicted molar refractivity (Wildman–Crippen MR) is 162 cm³/mol. The Labute approximate surface area is 247 Å². The Morgan fingerprint density at radius 1 is 1.05 bits per heavy atom. The molecule has 0 radical (unpaired) electrons. The van der Waals surface area contributed by atoms with Gasteiger partial charge in [-0.25, -0.2) is 4.39 Å². The van der Waals surface area contributed by atoms with Crippen molar-refractivity contribution in [3.63, 3.8) is 0 Å². The zero-order valence-electron chi connectivity index (χ0n) is 21.1. The molecule has 7 nitrogen and oxygen atoms in total. The fraction of sp³-hybridized carbons (Fsp3) is 0.100. The number of methoxy groups -OCH3 is 1. The molecule has 4 aromatic rings. The number of benzene rings is 4. The fourth-order valence-electron chi connectivity index (χ4n) is 4.20. The van der Waals surface area contributed by atoms with Crippen molar-refractivity contribution in [3.05, 3.63) is 104 Å². The molecule has 0 aromatic heterocycles. The van der Waals surface area contributed by atoms with Gasteiger partial charge in [0.05, 0.1) is 15.6 Å². The van der Waals surface area contributed by atoms with Crippen LogP contribution in [0.15, 0.2) is 83.8 Å². The average molecular weight is 668 g/mol. The van der Waals surface area contributed by atoms with Crippen LogP contribution in [0, 0.1) is 9.39 Å². The molecule has 1 aliphatic heterocycles. The summed E-state index contributed by atoms with van der Waals surface area (Å²) >= 11 is 2.90. The lowest BCUT2D eigenvalue weighted by atomic mass is 10.1. The Hall–Kier alpha value is -3.90. The van der Waals surface area contributed by atoms with Crippen LogP contribution in [0.3, 0.4) is 0 Å². The van der Waals surface area contributed by atoms with Gasteiger partial charge >= 0.3 is 0 Å². The summed E-state index contributed by atoms with van der Waals surface area (Å²) in [5.74, 6) is -0.534. The number of amides is 3. The highest BCUT2D eigenvalue weighted by molar-refractivity contribution is 14.1. The largest absolute Gasteiger partial charge is 0.493 e. The third-order valence-corrected chi connectivity index (χ3v) is 7.81. The minimum atomic E-state index is -0.575. The van der Waals surface area contributed by atoms with Crippen LogP contribution in [0.2, 0.25) is 0 Å². The van der Waals surface area contributed by atoms with Crippen LogP contribution in [0.5, 0.6) is 11.5 Å². The average Bonchev–Trinajstić information content (AvgIpc) is 3.20. The number of ether oxygens (including phenoxy) is 2. The first-order chi connectivity index (χ1) is 19.3. The lowest BCUT2D eigenvalue weighted by molar-refractivity contribution is -0.127. The SMILES string of the molecule is COc1cc(/C=C2\SC(=O)N(CC(=O)Nc3ccc(F)cc3)C2=O)cc(I)c1OCc1cccc2ccccc12. The molecule has 5 rings (SSSR count). The number of thioether (sulfide) groups is 1. The van der Waals surface area contributed by atoms with E-state index in [-0.39, 0.29) is 4.91 Å². The minimum Gasteiger partial charge on any atom is -0.493 e. The lowest BCUT2D eigenvalue weighted by Gasteiger charge is -2.15. The smallest absolute Gasteiger partial charge is 0.294 e. The molecule has 0 unspecified atom stereocenters. The van der Waals surface area contributed by atoms with E-state index in [4.69, 9.17) is 9.47 Å². The highest BCUT2D eigenvalue weighted by atomic mass is 127. The molecule has 10 heteroatoms. The van der Waals surface area contributed by atoms with Crippen molar-refractivity contribution in [2.45, 2.75) is 6.61 Å². The molecule has 40 heavy (non-hydrogen) atoms. The second-order valence-corrected chi connectivity index (χ2v) is 10.9. The van der Waals surface area contributed by atoms with Gasteiger partial charge in [-0.2, -0.15) is 0 Å². The maximum absolute atomic E-state index is 13.1. The van der Waals surface area contributed by atoms with Gasteiger partial charge in [-0.3, -0.25) is 19.3 Å². The number of hydrogen-bond donors (Lipinski definition) is 1. The van der Waals surface area contributed by atoms with E-state index in [1.54, 1.807) is 12.1 Å². The van der Waals surface area contributed by atoms with Crippen LogP contribution in [-0.2, 0) is 16.2 Å². The zero-order valence-corrected chi connectivity index (χ0v) is 24.1. The van der Waals surface area contributed by atoms with E-state index in [9.17, 15) is 18.8 Å². The topological polar surface area (TPSA) is 84.9 Å². The molecular weight excluding hydrogens is 646 g/mol. The van der Waals surface area contributed by atoms with E-state index in [2.05, 4.69) is 46.1 Å². The Balaban J connectivity index is 1.30. The van der Waals surface area contributed by atoms with Crippen LogP contribution in [0.1, 0.15) is 11.1 Å². The van der Waals surface area contributed by atoms with E-state index < -0.39 is 29.4 Å². The first-order valence-corrected chi connectivity index (χ1v) is 14.0. The molecule has 1 N–H and O–H groups in total. The number of nitrogens with zero attached hydrogens (tertiary/aromatic N) is 1. The van der Waals surface area contributed by atoms with Crippen LogP contribution in [0.4, 0.5) is 14.9 Å². The molecule has 1 fully saturated rings. The van der Waals surface area contributed by atoms with Gasteiger partial charge in [-0.05, 0) is 98.7 Å². The van der Waals surface area contributed by atoms with Gasteiger partial charge in [0.25, 0.3) is 11.1 Å². The number of anilines is 1. The first-order valence-electron chi connectivity index (χ1n) is 12.1. The number of nitrogens with one attached hydrogen (secondary N) is 1. The Morgan fingerprint density at radius 2 is 1.80 bits per heavy atom. The number of halogens is 2. The Kier molecular flexibility index (Phi) is 8.36. The van der Waals surface area contributed by atoms with Gasteiger partial charge in [-0.1, -0.05) is 42.5 Å². The summed E-state index contributed by atoms with van der Waals surface area (Å²) < 4.78 is 25.6. The Morgan fingerprint density at radius 3 is 2.58 bits per heavy atom. The first kappa shape index (κ1) is 27.7. The number of imide groups is 1. The second kappa shape index (κ2) is 12.1. The molecule has 4 aromatic carbocycles. The summed E-state index contributed by atoms with van der Waals surface area (Å²) in [6.45, 7) is -0.118. The minimum absolute atomic E-state index is 0.182. The summed E-state index contributed by atoms with van der Waals surface area (Å²) in [7, 11) is 1.54. The molecule has 1 heterocycles. The molecule has 0 spiro atoms. The monoisotopic (exact) mass is 668 g/mol. The van der Waals surface area contributed by atoms with Crippen LogP contribution in [0.25, 0.3) is 16.8 Å². The molecule has 1 saturated heterocycles. The highest BCUT2D eigenvalue weighted by Gasteiger charge is 2.36. The maximum atomic E-state index is 13.1. The van der Waals surface area contributed by atoms with Crippen LogP contribution in [-0.4, -0.2) is 35.6 Å². The van der Waals surface area contributed by atoms with Crippen LogP contribution < -0.4 is 14.8 Å². The fourth-order valence-corrected chi connectivity index (χ4v) is 5.82. The third kappa shape index (κ3) is 6.13. The predicted octanol–water partition coefficient (Wildman–Crippen LogP) is 6.85. The van der Waals surface area contributed by atoms with Crippen LogP contribution >= 0.6 is 34.4 Å². The Bertz CT molecular complexity index is 1650. The quantitative estimate of drug-likeness (QED) is 0.164. The van der Waals surface area contributed by atoms with Gasteiger partial charge < -0.3 is 14.8 Å². The zero-order chi connectivity index (χ0) is 28.2. The number of carbonyl (C=O) groups is 3. The summed E-state index contributed by atoms with van der Waals surface area (Å²) in [5, 5.41) is 4.23. The summed E-state index contributed by atoms with van der Waals surface area (Å²) in [4.78, 5) is 38.9. The molecule has 0 bridgehead atoms. The van der Waals surface area contributed by atoms with Gasteiger partial charge in [0, 0.05) is 5.69 Å². The van der Waals surface area contributed by atoms with Crippen molar-refractivity contribution in [2.75, 3.05) is 19.0 Å². The third-order valence-electron chi connectivity index (χ3n) is 6.10. The summed E-state index contributed by atoms with van der Waals surface area (Å²) in [6, 6.07) is 22.9. The van der Waals surface area contributed by atoms with Crippen molar-refractivity contribution < 1.29 is 28.2 Å². The van der Waals surface area contributed by atoms with Crippen molar-refractivity contribution in [2.24, 2.45) is 0 Å². The van der Waals surface area contributed by atoms with Gasteiger partial charge in [0.1, 0.15) is 19.0 Å². The molecule has 0 aliphatic carbocycles. The molecule has 0 saturated carbocycles. The number of carbonyl (C=O) groups excluding carboxylic acids is 3. The van der Waals surface area contributed by atoms with Gasteiger partial charge in [-0.15, -0.1) is 0 Å². The van der Waals surface area contributed by atoms with E-state index in [0.717, 1.165) is 36.6 Å². The summed E-state index contributed by atoms with van der Waals surface area (Å²) in [5.41, 5.74) is 2.04. The number of hydrogen-bond acceptors (Lipinski definition) is 6. The van der Waals surface area contributed by atoms with Crippen molar-refractivity contribution in [3.8, 4) is 11.5 Å². The van der Waals surface area contributed by atoms with E-state index in [0.29, 0.717) is 29.4 Å². The highest BCUT2D eigenvalue weighted by Crippen LogP contribution is 2.38. The normalized spacial score (nSPS) is 14.2.